The first-order chi connectivity index (χ1) is 9.09. The summed E-state index contributed by atoms with van der Waals surface area (Å²) in [5.74, 6) is -0.288. The Morgan fingerprint density at radius 2 is 2.25 bits per heavy atom. The van der Waals surface area contributed by atoms with Gasteiger partial charge < -0.3 is 10.5 Å². The zero-order valence-electron chi connectivity index (χ0n) is 11.6. The summed E-state index contributed by atoms with van der Waals surface area (Å²) in [6.45, 7) is 4.43. The number of halogens is 1. The Balaban J connectivity index is 0.00000200. The van der Waals surface area contributed by atoms with Crippen molar-refractivity contribution in [1.82, 2.24) is 5.43 Å². The van der Waals surface area contributed by atoms with Crippen molar-refractivity contribution in [3.05, 3.63) is 42.1 Å². The van der Waals surface area contributed by atoms with Gasteiger partial charge in [-0.25, -0.2) is 10.2 Å². The van der Waals surface area contributed by atoms with E-state index in [2.05, 4.69) is 5.43 Å². The Morgan fingerprint density at radius 3 is 2.90 bits per heavy atom. The lowest BCUT2D eigenvalue weighted by Gasteiger charge is -2.25. The van der Waals surface area contributed by atoms with Gasteiger partial charge in [-0.15, -0.1) is 12.4 Å². The lowest BCUT2D eigenvalue weighted by molar-refractivity contribution is -0.148. The van der Waals surface area contributed by atoms with Gasteiger partial charge in [0.25, 0.3) is 0 Å². The van der Waals surface area contributed by atoms with Gasteiger partial charge in [0, 0.05) is 12.7 Å². The number of nitrogens with one attached hydrogen (secondary N) is 1. The first-order valence-corrected chi connectivity index (χ1v) is 6.31. The van der Waals surface area contributed by atoms with E-state index in [-0.39, 0.29) is 18.4 Å². The molecule has 1 heterocycles. The molecule has 110 valence electrons. The molecule has 6 heteroatoms. The number of esters is 1. The van der Waals surface area contributed by atoms with E-state index in [1.54, 1.807) is 24.9 Å². The van der Waals surface area contributed by atoms with Crippen LogP contribution in [0, 0.1) is 0 Å². The number of carbonyl (C=O) groups excluding carboxylic acids is 1. The molecule has 0 saturated carbocycles. The Morgan fingerprint density at radius 1 is 1.50 bits per heavy atom. The van der Waals surface area contributed by atoms with Crippen LogP contribution in [0.5, 0.6) is 0 Å². The number of hydrogen-bond donors (Lipinski definition) is 2. The Kier molecular flexibility index (Phi) is 5.56. The van der Waals surface area contributed by atoms with Gasteiger partial charge in [0.1, 0.15) is 0 Å². The van der Waals surface area contributed by atoms with Crippen molar-refractivity contribution in [2.75, 3.05) is 11.6 Å². The maximum absolute atomic E-state index is 11.9. The number of ether oxygens (including phenoxy) is 1. The zero-order valence-corrected chi connectivity index (χ0v) is 12.4. The Labute approximate surface area is 125 Å². The van der Waals surface area contributed by atoms with Crippen LogP contribution < -0.4 is 16.2 Å². The van der Waals surface area contributed by atoms with E-state index in [1.165, 1.54) is 0 Å². The second-order valence-corrected chi connectivity index (χ2v) is 4.59. The average Bonchev–Trinajstić information content (AvgIpc) is 2.83. The summed E-state index contributed by atoms with van der Waals surface area (Å²) < 4.78 is 5.06. The summed E-state index contributed by atoms with van der Waals surface area (Å²) in [6, 6.07) is 7.84. The molecule has 0 saturated heterocycles. The second-order valence-electron chi connectivity index (χ2n) is 4.59. The van der Waals surface area contributed by atoms with Gasteiger partial charge in [0.05, 0.1) is 12.3 Å². The van der Waals surface area contributed by atoms with Crippen LogP contribution in [0.25, 0.3) is 0 Å². The minimum Gasteiger partial charge on any atom is -0.464 e. The molecule has 1 aromatic carbocycles. The topological polar surface area (TPSA) is 67.6 Å². The first kappa shape index (κ1) is 16.5. The number of carbonyl (C=O) groups is 1. The van der Waals surface area contributed by atoms with Crippen molar-refractivity contribution in [1.29, 1.82) is 0 Å². The minimum absolute atomic E-state index is 0. The van der Waals surface area contributed by atoms with Crippen molar-refractivity contribution in [2.24, 2.45) is 5.73 Å². The van der Waals surface area contributed by atoms with Crippen molar-refractivity contribution in [3.63, 3.8) is 0 Å². The van der Waals surface area contributed by atoms with Gasteiger partial charge in [-0.2, -0.15) is 0 Å². The van der Waals surface area contributed by atoms with E-state index in [0.717, 1.165) is 11.3 Å². The van der Waals surface area contributed by atoms with Crippen LogP contribution in [-0.2, 0) is 16.1 Å². The maximum atomic E-state index is 11.9. The smallest absolute Gasteiger partial charge is 0.331 e. The highest BCUT2D eigenvalue weighted by Crippen LogP contribution is 2.23. The minimum atomic E-state index is -0.825. The molecule has 0 fully saturated rings. The number of hydrazine groups is 1. The summed E-state index contributed by atoms with van der Waals surface area (Å²) in [4.78, 5) is 11.9. The highest BCUT2D eigenvalue weighted by molar-refractivity contribution is 5.85. The fraction of sp³-hybridized carbons (Fsp3) is 0.357. The summed E-state index contributed by atoms with van der Waals surface area (Å²) >= 11 is 0. The molecule has 1 aliphatic rings. The normalized spacial score (nSPS) is 20.6. The summed E-state index contributed by atoms with van der Waals surface area (Å²) in [5, 5.41) is 1.80. The summed E-state index contributed by atoms with van der Waals surface area (Å²) in [5.41, 5.74) is 9.91. The molecular weight excluding hydrogens is 278 g/mol. The van der Waals surface area contributed by atoms with Crippen molar-refractivity contribution in [2.45, 2.75) is 25.9 Å². The van der Waals surface area contributed by atoms with Crippen molar-refractivity contribution < 1.29 is 9.53 Å². The molecule has 5 nitrogen and oxygen atoms in total. The molecule has 2 rings (SSSR count). The number of anilines is 1. The first-order valence-electron chi connectivity index (χ1n) is 6.31. The number of benzene rings is 1. The molecule has 0 aromatic heterocycles. The van der Waals surface area contributed by atoms with Gasteiger partial charge in [0.2, 0.25) is 0 Å². The summed E-state index contributed by atoms with van der Waals surface area (Å²) in [6.07, 6.45) is 3.62. The molecule has 0 amide bonds. The van der Waals surface area contributed by atoms with Gasteiger partial charge in [0.15, 0.2) is 5.54 Å². The zero-order chi connectivity index (χ0) is 13.9. The number of rotatable bonds is 4. The molecule has 0 radical (unpaired) electrons. The van der Waals surface area contributed by atoms with Crippen LogP contribution in [0.15, 0.2) is 36.5 Å². The largest absolute Gasteiger partial charge is 0.464 e. The number of nitrogens with zero attached hydrogens (tertiary/aromatic N) is 1. The molecule has 1 atom stereocenters. The van der Waals surface area contributed by atoms with Gasteiger partial charge in [-0.1, -0.05) is 12.1 Å². The summed E-state index contributed by atoms with van der Waals surface area (Å²) in [7, 11) is 0. The lowest BCUT2D eigenvalue weighted by atomic mass is 10.1. The fourth-order valence-electron chi connectivity index (χ4n) is 1.93. The predicted molar refractivity (Wildman–Crippen MR) is 81.4 cm³/mol. The van der Waals surface area contributed by atoms with Crippen LogP contribution in [0.1, 0.15) is 19.4 Å². The maximum Gasteiger partial charge on any atom is 0.331 e. The molecule has 0 spiro atoms. The Hall–Kier alpha value is -1.56. The van der Waals surface area contributed by atoms with Crippen LogP contribution in [0.3, 0.4) is 0 Å². The third-order valence-corrected chi connectivity index (χ3v) is 3.03. The molecule has 1 unspecified atom stereocenters. The third-order valence-electron chi connectivity index (χ3n) is 3.03. The molecule has 0 aliphatic carbocycles. The van der Waals surface area contributed by atoms with E-state index in [0.29, 0.717) is 13.2 Å². The Bertz CT molecular complexity index is 507. The van der Waals surface area contributed by atoms with E-state index < -0.39 is 5.54 Å². The third kappa shape index (κ3) is 3.30. The van der Waals surface area contributed by atoms with Crippen LogP contribution >= 0.6 is 12.4 Å². The van der Waals surface area contributed by atoms with Crippen LogP contribution in [0.4, 0.5) is 5.69 Å². The van der Waals surface area contributed by atoms with Gasteiger partial charge in [-0.3, -0.25) is 5.01 Å². The van der Waals surface area contributed by atoms with Crippen LogP contribution in [0.2, 0.25) is 0 Å². The second kappa shape index (κ2) is 6.74. The van der Waals surface area contributed by atoms with Crippen LogP contribution in [-0.4, -0.2) is 18.1 Å². The monoisotopic (exact) mass is 297 g/mol. The standard InChI is InChI=1S/C14H19N3O2.ClH/c1-3-19-13(18)14(2)7-8-17(16-14)12-6-4-5-11(9-12)10-15;/h4-9,16H,3,10,15H2,1-2H3;1H. The quantitative estimate of drug-likeness (QED) is 0.829. The lowest BCUT2D eigenvalue weighted by Crippen LogP contribution is -2.51. The molecular formula is C14H20ClN3O2. The average molecular weight is 298 g/mol. The highest BCUT2D eigenvalue weighted by atomic mass is 35.5. The molecule has 0 bridgehead atoms. The van der Waals surface area contributed by atoms with E-state index in [1.807, 2.05) is 30.5 Å². The molecule has 20 heavy (non-hydrogen) atoms. The van der Waals surface area contributed by atoms with E-state index >= 15 is 0 Å². The fourth-order valence-corrected chi connectivity index (χ4v) is 1.93. The van der Waals surface area contributed by atoms with Gasteiger partial charge in [-0.05, 0) is 37.6 Å². The molecule has 1 aromatic rings. The van der Waals surface area contributed by atoms with E-state index in [4.69, 9.17) is 10.5 Å². The SMILES string of the molecule is CCOC(=O)C1(C)C=CN(c2cccc(CN)c2)N1.Cl. The van der Waals surface area contributed by atoms with Crippen molar-refractivity contribution in [3.8, 4) is 0 Å². The number of hydrogen-bond acceptors (Lipinski definition) is 5. The van der Waals surface area contributed by atoms with E-state index in [9.17, 15) is 4.79 Å². The molecule has 1 aliphatic heterocycles. The molecule has 3 N–H and O–H groups in total. The highest BCUT2D eigenvalue weighted by Gasteiger charge is 2.37. The van der Waals surface area contributed by atoms with Crippen molar-refractivity contribution >= 4 is 24.1 Å². The predicted octanol–water partition coefficient (Wildman–Crippen LogP) is 1.73. The van der Waals surface area contributed by atoms with Gasteiger partial charge >= 0.3 is 5.97 Å². The number of nitrogens with two attached hydrogens (primary N) is 1.